The Balaban J connectivity index is 2.82. The summed E-state index contributed by atoms with van der Waals surface area (Å²) < 4.78 is 22.6. The molecule has 3 nitrogen and oxygen atoms in total. The van der Waals surface area contributed by atoms with E-state index < -0.39 is 20.6 Å². The molecule has 0 atom stereocenters. The zero-order valence-corrected chi connectivity index (χ0v) is 7.74. The standard InChI is InChI=1S/C4H9O.H2O.O.Sn/c1-2-3-4-5;;;/h2-4H2,1H3;1H2;;/q-1;;;+2/p-1. The molecule has 8 heavy (non-hydrogen) atoms. The Morgan fingerprint density at radius 3 is 2.75 bits per heavy atom. The molecule has 48 valence electrons. The summed E-state index contributed by atoms with van der Waals surface area (Å²) in [5, 5.41) is 0. The number of unbranched alkanes of at least 4 members (excludes halogenated alkanes) is 1. The van der Waals surface area contributed by atoms with Gasteiger partial charge in [0.15, 0.2) is 0 Å². The van der Waals surface area contributed by atoms with Gasteiger partial charge in [-0.2, -0.15) is 0 Å². The molecular weight excluding hydrogens is 215 g/mol. The second-order valence-electron chi connectivity index (χ2n) is 1.47. The summed E-state index contributed by atoms with van der Waals surface area (Å²) in [5.41, 5.74) is 0. The Morgan fingerprint density at radius 2 is 2.38 bits per heavy atom. The summed E-state index contributed by atoms with van der Waals surface area (Å²) in [5.74, 6) is 0. The molecule has 0 aromatic carbocycles. The second-order valence-corrected chi connectivity index (χ2v) is 3.81. The van der Waals surface area contributed by atoms with E-state index in [1.165, 1.54) is 0 Å². The molecule has 0 saturated heterocycles. The van der Waals surface area contributed by atoms with Crippen molar-refractivity contribution in [3.8, 4) is 0 Å². The van der Waals surface area contributed by atoms with E-state index in [1.807, 2.05) is 6.92 Å². The molecule has 0 aliphatic heterocycles. The van der Waals surface area contributed by atoms with Crippen molar-refractivity contribution in [1.29, 1.82) is 0 Å². The van der Waals surface area contributed by atoms with Crippen molar-refractivity contribution in [2.45, 2.75) is 19.8 Å². The van der Waals surface area contributed by atoms with Crippen LogP contribution in [-0.2, 0) is 6.15 Å². The van der Waals surface area contributed by atoms with Gasteiger partial charge in [0.2, 0.25) is 0 Å². The quantitative estimate of drug-likeness (QED) is 0.549. The normalized spacial score (nSPS) is 9.25. The Morgan fingerprint density at radius 1 is 1.75 bits per heavy atom. The molecule has 0 amide bonds. The second kappa shape index (κ2) is 5.65. The number of hydrogen-bond donors (Lipinski definition) is 1. The van der Waals surface area contributed by atoms with Gasteiger partial charge in [0.25, 0.3) is 0 Å². The van der Waals surface area contributed by atoms with Crippen LogP contribution in [0.3, 0.4) is 0 Å². The van der Waals surface area contributed by atoms with Crippen LogP contribution in [0.15, 0.2) is 0 Å². The Hall–Kier alpha value is 0.519. The summed E-state index contributed by atoms with van der Waals surface area (Å²) in [6.45, 7) is 2.46. The molecular formula is C4H10O3Sn. The monoisotopic (exact) mass is 226 g/mol. The van der Waals surface area contributed by atoms with Crippen LogP contribution < -0.4 is 0 Å². The van der Waals surface area contributed by atoms with Crippen LogP contribution in [0.25, 0.3) is 0 Å². The third-order valence-electron chi connectivity index (χ3n) is 0.723. The van der Waals surface area contributed by atoms with Crippen molar-refractivity contribution in [3.05, 3.63) is 0 Å². The van der Waals surface area contributed by atoms with E-state index in [0.29, 0.717) is 6.61 Å². The molecule has 0 heterocycles. The third-order valence-corrected chi connectivity index (χ3v) is 2.01. The van der Waals surface area contributed by atoms with Gasteiger partial charge in [0.1, 0.15) is 0 Å². The molecule has 0 spiro atoms. The minimum atomic E-state index is -3.41. The molecule has 0 aromatic rings. The van der Waals surface area contributed by atoms with E-state index in [1.54, 1.807) is 0 Å². The van der Waals surface area contributed by atoms with Crippen LogP contribution in [-0.4, -0.2) is 30.6 Å². The Bertz CT molecular complexity index is 73.7. The molecule has 1 N–H and O–H groups in total. The maximum atomic E-state index is 9.93. The van der Waals surface area contributed by atoms with Gasteiger partial charge < -0.3 is 0 Å². The van der Waals surface area contributed by atoms with Crippen LogP contribution >= 0.6 is 0 Å². The summed E-state index contributed by atoms with van der Waals surface area (Å²) >= 11 is -3.41. The molecule has 0 rings (SSSR count). The molecule has 0 aliphatic carbocycles. The fourth-order valence-electron chi connectivity index (χ4n) is 0.304. The first kappa shape index (κ1) is 8.52. The van der Waals surface area contributed by atoms with E-state index in [9.17, 15) is 3.08 Å². The number of hydrogen-bond acceptors (Lipinski definition) is 2. The molecule has 0 saturated carbocycles. The first-order chi connectivity index (χ1) is 3.77. The van der Waals surface area contributed by atoms with Crippen molar-refractivity contribution < 1.29 is 9.59 Å². The van der Waals surface area contributed by atoms with Crippen molar-refractivity contribution in [2.75, 3.05) is 6.61 Å². The summed E-state index contributed by atoms with van der Waals surface area (Å²) in [6, 6.07) is 0. The van der Waals surface area contributed by atoms with Gasteiger partial charge in [-0.15, -0.1) is 0 Å². The molecule has 0 fully saturated rings. The average Bonchev–Trinajstić information content (AvgIpc) is 1.66. The molecule has 0 bridgehead atoms. The van der Waals surface area contributed by atoms with E-state index >= 15 is 0 Å². The zero-order chi connectivity index (χ0) is 6.41. The van der Waals surface area contributed by atoms with Crippen molar-refractivity contribution in [1.82, 2.24) is 0 Å². The van der Waals surface area contributed by atoms with Gasteiger partial charge in [-0.1, -0.05) is 0 Å². The summed E-state index contributed by atoms with van der Waals surface area (Å²) in [7, 11) is 0. The zero-order valence-electron chi connectivity index (χ0n) is 4.89. The number of rotatable bonds is 4. The summed E-state index contributed by atoms with van der Waals surface area (Å²) in [6.07, 6.45) is 1.89. The molecule has 4 heteroatoms. The average molecular weight is 225 g/mol. The fraction of sp³-hybridized carbons (Fsp3) is 1.00. The van der Waals surface area contributed by atoms with Gasteiger partial charge in [-0.05, 0) is 0 Å². The fourth-order valence-corrected chi connectivity index (χ4v) is 1.21. The van der Waals surface area contributed by atoms with Crippen molar-refractivity contribution >= 4 is 20.6 Å². The minimum absolute atomic E-state index is 0.450. The molecule has 0 aromatic heterocycles. The van der Waals surface area contributed by atoms with Crippen LogP contribution in [0, 0.1) is 0 Å². The van der Waals surface area contributed by atoms with Crippen LogP contribution in [0.5, 0.6) is 0 Å². The van der Waals surface area contributed by atoms with Crippen LogP contribution in [0.2, 0.25) is 0 Å². The molecule has 0 aliphatic rings. The first-order valence-corrected chi connectivity index (χ1v) is 6.23. The SMILES string of the molecule is CCCC[O][Sn](=[O])[OH]. The topological polar surface area (TPSA) is 46.5 Å². The van der Waals surface area contributed by atoms with Crippen molar-refractivity contribution in [2.24, 2.45) is 0 Å². The molecule has 0 unspecified atom stereocenters. The Labute approximate surface area is 56.9 Å². The van der Waals surface area contributed by atoms with Gasteiger partial charge in [0.05, 0.1) is 0 Å². The molecule has 0 radical (unpaired) electrons. The van der Waals surface area contributed by atoms with E-state index in [2.05, 4.69) is 3.07 Å². The van der Waals surface area contributed by atoms with Gasteiger partial charge in [-0.3, -0.25) is 0 Å². The van der Waals surface area contributed by atoms with E-state index in [-0.39, 0.29) is 0 Å². The van der Waals surface area contributed by atoms with Crippen LogP contribution in [0.4, 0.5) is 0 Å². The van der Waals surface area contributed by atoms with Gasteiger partial charge in [-0.25, -0.2) is 0 Å². The Kier molecular flexibility index (Phi) is 6.02. The van der Waals surface area contributed by atoms with Crippen molar-refractivity contribution in [3.63, 3.8) is 0 Å². The summed E-state index contributed by atoms with van der Waals surface area (Å²) in [4.78, 5) is 0. The van der Waals surface area contributed by atoms with Gasteiger partial charge in [0, 0.05) is 0 Å². The first-order valence-electron chi connectivity index (χ1n) is 2.63. The predicted octanol–water partition coefficient (Wildman–Crippen LogP) is 0.211. The third kappa shape index (κ3) is 6.52. The van der Waals surface area contributed by atoms with Gasteiger partial charge >= 0.3 is 56.5 Å². The van der Waals surface area contributed by atoms with E-state index in [4.69, 9.17) is 3.44 Å². The van der Waals surface area contributed by atoms with Crippen LogP contribution in [0.1, 0.15) is 19.8 Å². The predicted molar refractivity (Wildman–Crippen MR) is 29.5 cm³/mol. The van der Waals surface area contributed by atoms with E-state index in [0.717, 1.165) is 12.8 Å². The maximum absolute atomic E-state index is 9.93.